The van der Waals surface area contributed by atoms with E-state index in [4.69, 9.17) is 4.74 Å². The summed E-state index contributed by atoms with van der Waals surface area (Å²) in [6.07, 6.45) is -4.74. The van der Waals surface area contributed by atoms with Crippen molar-refractivity contribution >= 4 is 11.6 Å². The van der Waals surface area contributed by atoms with Crippen LogP contribution < -0.4 is 4.74 Å². The van der Waals surface area contributed by atoms with Crippen LogP contribution in [0.4, 0.5) is 22.0 Å². The van der Waals surface area contributed by atoms with Crippen LogP contribution in [0.15, 0.2) is 54.6 Å². The van der Waals surface area contributed by atoms with Crippen molar-refractivity contribution in [2.75, 3.05) is 33.3 Å². The topological polar surface area (TPSA) is 63.0 Å². The van der Waals surface area contributed by atoms with E-state index in [1.54, 1.807) is 24.3 Å². The Morgan fingerprint density at radius 3 is 2.37 bits per heavy atom. The fraction of sp³-hybridized carbons (Fsp3) is 0.269. The predicted octanol–water partition coefficient (Wildman–Crippen LogP) is 4.66. The number of carbonyl (C=O) groups is 1. The molecule has 0 atom stereocenters. The van der Waals surface area contributed by atoms with E-state index in [-0.39, 0.29) is 42.2 Å². The number of ether oxygens (including phenoxy) is 1. The Morgan fingerprint density at radius 1 is 1.00 bits per heavy atom. The third-order valence-electron chi connectivity index (χ3n) is 6.41. The molecule has 2 aromatic carbocycles. The van der Waals surface area contributed by atoms with E-state index in [2.05, 4.69) is 10.1 Å². The summed E-state index contributed by atoms with van der Waals surface area (Å²) in [4.78, 5) is 20.8. The molecular formula is C26H22F5N5O2. The monoisotopic (exact) mass is 531 g/mol. The fourth-order valence-corrected chi connectivity index (χ4v) is 4.37. The van der Waals surface area contributed by atoms with Gasteiger partial charge in [0.15, 0.2) is 28.7 Å². The van der Waals surface area contributed by atoms with Crippen molar-refractivity contribution in [3.05, 3.63) is 83.2 Å². The van der Waals surface area contributed by atoms with Gasteiger partial charge in [-0.1, -0.05) is 12.1 Å². The second-order valence-corrected chi connectivity index (χ2v) is 8.83. The number of piperazine rings is 1. The second-order valence-electron chi connectivity index (χ2n) is 8.83. The Bertz CT molecular complexity index is 1480. The smallest absolute Gasteiger partial charge is 0.433 e. The molecule has 1 fully saturated rings. The molecular weight excluding hydrogens is 509 g/mol. The number of aromatic nitrogens is 3. The third kappa shape index (κ3) is 5.03. The van der Waals surface area contributed by atoms with E-state index in [1.807, 2.05) is 4.90 Å². The van der Waals surface area contributed by atoms with E-state index in [9.17, 15) is 26.7 Å². The summed E-state index contributed by atoms with van der Waals surface area (Å²) in [5.41, 5.74) is -0.616. The number of halogens is 5. The molecule has 7 nitrogen and oxygen atoms in total. The van der Waals surface area contributed by atoms with Crippen LogP contribution in [0.2, 0.25) is 0 Å². The van der Waals surface area contributed by atoms with Gasteiger partial charge >= 0.3 is 6.18 Å². The molecule has 38 heavy (non-hydrogen) atoms. The molecule has 4 aromatic rings. The van der Waals surface area contributed by atoms with Crippen LogP contribution in [0.3, 0.4) is 0 Å². The van der Waals surface area contributed by atoms with Crippen molar-refractivity contribution in [3.63, 3.8) is 0 Å². The minimum Gasteiger partial charge on any atom is -0.497 e. The summed E-state index contributed by atoms with van der Waals surface area (Å²) in [6.45, 7) is 1.43. The average molecular weight is 531 g/mol. The first-order valence-corrected chi connectivity index (χ1v) is 11.7. The zero-order valence-electron chi connectivity index (χ0n) is 20.2. The Labute approximate surface area is 214 Å². The standard InChI is InChI=1S/C26H22F5N5O2/c1-38-18-7-5-16(6-8-18)20-13-22(26(29,30)31)36-23(32-20)14-21(33-36)25(37)35-11-9-34(10-12-35)15-17-3-2-4-19(27)24(17)28/h2-8,13-14H,9-12,15H2,1H3. The van der Waals surface area contributed by atoms with Gasteiger partial charge in [0.25, 0.3) is 5.91 Å². The van der Waals surface area contributed by atoms with E-state index in [0.717, 1.165) is 12.1 Å². The van der Waals surface area contributed by atoms with Crippen molar-refractivity contribution in [3.8, 4) is 17.0 Å². The van der Waals surface area contributed by atoms with Crippen molar-refractivity contribution in [2.45, 2.75) is 12.7 Å². The van der Waals surface area contributed by atoms with Gasteiger partial charge in [0, 0.05) is 49.9 Å². The number of benzene rings is 2. The predicted molar refractivity (Wildman–Crippen MR) is 128 cm³/mol. The molecule has 0 saturated carbocycles. The molecule has 0 unspecified atom stereocenters. The average Bonchev–Trinajstić information content (AvgIpc) is 3.34. The van der Waals surface area contributed by atoms with Gasteiger partial charge in [-0.2, -0.15) is 18.3 Å². The Hall–Kier alpha value is -4.06. The molecule has 0 spiro atoms. The van der Waals surface area contributed by atoms with Crippen LogP contribution in [-0.2, 0) is 12.7 Å². The van der Waals surface area contributed by atoms with Crippen LogP contribution >= 0.6 is 0 Å². The van der Waals surface area contributed by atoms with Gasteiger partial charge in [-0.05, 0) is 36.4 Å². The highest BCUT2D eigenvalue weighted by Gasteiger charge is 2.36. The van der Waals surface area contributed by atoms with Gasteiger partial charge < -0.3 is 9.64 Å². The Morgan fingerprint density at radius 2 is 1.71 bits per heavy atom. The molecule has 0 N–H and O–H groups in total. The zero-order chi connectivity index (χ0) is 27.0. The van der Waals surface area contributed by atoms with Crippen molar-refractivity contribution in [1.82, 2.24) is 24.4 Å². The maximum absolute atomic E-state index is 14.0. The van der Waals surface area contributed by atoms with E-state index >= 15 is 0 Å². The number of hydrogen-bond acceptors (Lipinski definition) is 5. The Kier molecular flexibility index (Phi) is 6.74. The molecule has 5 rings (SSSR count). The lowest BCUT2D eigenvalue weighted by Gasteiger charge is -2.34. The molecule has 12 heteroatoms. The van der Waals surface area contributed by atoms with Gasteiger partial charge in [0.2, 0.25) is 0 Å². The fourth-order valence-electron chi connectivity index (χ4n) is 4.37. The van der Waals surface area contributed by atoms with Crippen LogP contribution in [0, 0.1) is 11.6 Å². The van der Waals surface area contributed by atoms with Crippen LogP contribution in [0.1, 0.15) is 21.7 Å². The summed E-state index contributed by atoms with van der Waals surface area (Å²) in [5.74, 6) is -1.82. The third-order valence-corrected chi connectivity index (χ3v) is 6.41. The maximum Gasteiger partial charge on any atom is 0.433 e. The van der Waals surface area contributed by atoms with Crippen molar-refractivity contribution < 1.29 is 31.5 Å². The number of fused-ring (bicyclic) bond motifs is 1. The first-order valence-electron chi connectivity index (χ1n) is 11.7. The number of rotatable bonds is 5. The number of amides is 1. The number of hydrogen-bond donors (Lipinski definition) is 0. The number of alkyl halides is 3. The van der Waals surface area contributed by atoms with E-state index in [1.165, 1.54) is 30.2 Å². The van der Waals surface area contributed by atoms with Gasteiger partial charge in [-0.15, -0.1) is 0 Å². The lowest BCUT2D eigenvalue weighted by atomic mass is 10.1. The summed E-state index contributed by atoms with van der Waals surface area (Å²) in [6, 6.07) is 12.5. The number of nitrogens with zero attached hydrogens (tertiary/aromatic N) is 5. The highest BCUT2D eigenvalue weighted by molar-refractivity contribution is 5.93. The molecule has 1 saturated heterocycles. The molecule has 0 bridgehead atoms. The minimum absolute atomic E-state index is 0.0737. The maximum atomic E-state index is 14.0. The Balaban J connectivity index is 1.37. The molecule has 1 aliphatic rings. The van der Waals surface area contributed by atoms with Gasteiger partial charge in [-0.25, -0.2) is 18.3 Å². The van der Waals surface area contributed by atoms with Crippen LogP contribution in [0.25, 0.3) is 16.9 Å². The first kappa shape index (κ1) is 25.6. The van der Waals surface area contributed by atoms with Crippen LogP contribution in [-0.4, -0.2) is 63.6 Å². The first-order chi connectivity index (χ1) is 18.1. The largest absolute Gasteiger partial charge is 0.497 e. The van der Waals surface area contributed by atoms with Crippen LogP contribution in [0.5, 0.6) is 5.75 Å². The lowest BCUT2D eigenvalue weighted by Crippen LogP contribution is -2.48. The highest BCUT2D eigenvalue weighted by Crippen LogP contribution is 2.33. The molecule has 198 valence electrons. The quantitative estimate of drug-likeness (QED) is 0.351. The van der Waals surface area contributed by atoms with Crippen molar-refractivity contribution in [2.24, 2.45) is 0 Å². The summed E-state index contributed by atoms with van der Waals surface area (Å²) in [7, 11) is 1.48. The highest BCUT2D eigenvalue weighted by atomic mass is 19.4. The molecule has 2 aromatic heterocycles. The summed E-state index contributed by atoms with van der Waals surface area (Å²) >= 11 is 0. The van der Waals surface area contributed by atoms with E-state index < -0.39 is 29.4 Å². The van der Waals surface area contributed by atoms with Crippen molar-refractivity contribution in [1.29, 1.82) is 0 Å². The summed E-state index contributed by atoms with van der Waals surface area (Å²) in [5, 5.41) is 3.94. The number of carbonyl (C=O) groups excluding carboxylic acids is 1. The lowest BCUT2D eigenvalue weighted by molar-refractivity contribution is -0.142. The van der Waals surface area contributed by atoms with Gasteiger partial charge in [0.1, 0.15) is 5.75 Å². The minimum atomic E-state index is -4.74. The zero-order valence-corrected chi connectivity index (χ0v) is 20.2. The number of methoxy groups -OCH3 is 1. The molecule has 0 aliphatic carbocycles. The molecule has 0 radical (unpaired) electrons. The normalized spacial score (nSPS) is 14.7. The van der Waals surface area contributed by atoms with Gasteiger partial charge in [0.05, 0.1) is 12.8 Å². The second kappa shape index (κ2) is 10.0. The van der Waals surface area contributed by atoms with E-state index in [0.29, 0.717) is 28.9 Å². The summed E-state index contributed by atoms with van der Waals surface area (Å²) < 4.78 is 75.0. The SMILES string of the molecule is COc1ccc(-c2cc(C(F)(F)F)n3nc(C(=O)N4CCN(Cc5cccc(F)c5F)CC4)cc3n2)cc1. The molecule has 1 amide bonds. The molecule has 1 aliphatic heterocycles. The van der Waals surface area contributed by atoms with Gasteiger partial charge in [-0.3, -0.25) is 9.69 Å². The molecule has 3 heterocycles.